The minimum absolute atomic E-state index is 0.121. The summed E-state index contributed by atoms with van der Waals surface area (Å²) in [7, 11) is 1.81. The molecule has 1 N–H and O–H groups in total. The molecule has 0 unspecified atom stereocenters. The Morgan fingerprint density at radius 2 is 2.14 bits per heavy atom. The Morgan fingerprint density at radius 3 is 2.82 bits per heavy atom. The molecule has 5 heteroatoms. The van der Waals surface area contributed by atoms with E-state index >= 15 is 0 Å². The minimum Gasteiger partial charge on any atom is -0.350 e. The van der Waals surface area contributed by atoms with Crippen molar-refractivity contribution in [2.75, 3.05) is 26.2 Å². The van der Waals surface area contributed by atoms with Crippen LogP contribution in [0, 0.1) is 18.8 Å². The van der Waals surface area contributed by atoms with E-state index in [1.807, 2.05) is 14.0 Å². The van der Waals surface area contributed by atoms with Crippen LogP contribution in [0.15, 0.2) is 16.9 Å². The van der Waals surface area contributed by atoms with Gasteiger partial charge in [-0.3, -0.25) is 9.59 Å². The van der Waals surface area contributed by atoms with Gasteiger partial charge in [-0.05, 0) is 31.7 Å². The van der Waals surface area contributed by atoms with Gasteiger partial charge in [0, 0.05) is 44.5 Å². The van der Waals surface area contributed by atoms with Crippen LogP contribution in [0.2, 0.25) is 0 Å². The van der Waals surface area contributed by atoms with Crippen LogP contribution in [0.4, 0.5) is 0 Å². The maximum Gasteiger partial charge on any atom is 0.268 e. The van der Waals surface area contributed by atoms with E-state index in [1.165, 1.54) is 12.1 Å². The van der Waals surface area contributed by atoms with Crippen LogP contribution in [-0.4, -0.2) is 41.6 Å². The molecule has 0 aromatic carbocycles. The lowest BCUT2D eigenvalue weighted by Gasteiger charge is -2.18. The van der Waals surface area contributed by atoms with Gasteiger partial charge in [0.2, 0.25) is 0 Å². The fraction of sp³-hybridized carbons (Fsp3) is 0.647. The maximum absolute atomic E-state index is 12.3. The second kappa shape index (κ2) is 7.09. The number of carbonyl (C=O) groups excluding carboxylic acids is 1. The summed E-state index contributed by atoms with van der Waals surface area (Å²) in [6, 6.07) is 2.94. The molecule has 22 heavy (non-hydrogen) atoms. The van der Waals surface area contributed by atoms with Gasteiger partial charge >= 0.3 is 0 Å². The Hall–Kier alpha value is -1.62. The largest absolute Gasteiger partial charge is 0.350 e. The number of pyridine rings is 1. The third-order valence-corrected chi connectivity index (χ3v) is 4.30. The normalized spacial score (nSPS) is 18.9. The molecule has 0 aliphatic carbocycles. The van der Waals surface area contributed by atoms with Gasteiger partial charge in [0.1, 0.15) is 5.69 Å². The van der Waals surface area contributed by atoms with Crippen LogP contribution in [-0.2, 0) is 7.05 Å². The van der Waals surface area contributed by atoms with Crippen LogP contribution in [0.5, 0.6) is 0 Å². The molecule has 2 rings (SSSR count). The highest BCUT2D eigenvalue weighted by Gasteiger charge is 2.23. The Morgan fingerprint density at radius 1 is 1.41 bits per heavy atom. The van der Waals surface area contributed by atoms with Crippen molar-refractivity contribution < 1.29 is 4.79 Å². The van der Waals surface area contributed by atoms with Gasteiger partial charge in [0.05, 0.1) is 0 Å². The Balaban J connectivity index is 1.90. The molecule has 0 saturated carbocycles. The SMILES string of the molecule is Cc1cc(=O)cc(C(=O)NC[C@@H]2CCN(CC(C)C)C2)n1C. The van der Waals surface area contributed by atoms with Crippen LogP contribution < -0.4 is 10.7 Å². The summed E-state index contributed by atoms with van der Waals surface area (Å²) in [5.74, 6) is 1.02. The number of aryl methyl sites for hydroxylation is 1. The molecule has 5 nitrogen and oxygen atoms in total. The third-order valence-electron chi connectivity index (χ3n) is 4.30. The molecule has 1 aromatic heterocycles. The summed E-state index contributed by atoms with van der Waals surface area (Å²) in [5, 5.41) is 2.98. The highest BCUT2D eigenvalue weighted by atomic mass is 16.2. The molecule has 1 aliphatic rings. The van der Waals surface area contributed by atoms with E-state index < -0.39 is 0 Å². The molecule has 1 atom stereocenters. The van der Waals surface area contributed by atoms with Crippen molar-refractivity contribution in [1.29, 1.82) is 0 Å². The zero-order valence-electron chi connectivity index (χ0n) is 14.1. The van der Waals surface area contributed by atoms with Gasteiger partial charge in [-0.1, -0.05) is 13.8 Å². The second-order valence-electron chi connectivity index (χ2n) is 6.79. The van der Waals surface area contributed by atoms with E-state index in [0.29, 0.717) is 24.1 Å². The van der Waals surface area contributed by atoms with E-state index in [0.717, 1.165) is 31.7 Å². The quantitative estimate of drug-likeness (QED) is 0.895. The average molecular weight is 305 g/mol. The maximum atomic E-state index is 12.3. The monoisotopic (exact) mass is 305 g/mol. The predicted octanol–water partition coefficient (Wildman–Crippen LogP) is 1.40. The number of nitrogens with zero attached hydrogens (tertiary/aromatic N) is 2. The standard InChI is InChI=1S/C17H27N3O2/c1-12(2)10-20-6-5-14(11-20)9-18-17(22)16-8-15(21)7-13(3)19(16)4/h7-8,12,14H,5-6,9-11H2,1-4H3,(H,18,22)/t14-/m0/s1. The van der Waals surface area contributed by atoms with Gasteiger partial charge in [0.15, 0.2) is 5.43 Å². The molecule has 122 valence electrons. The van der Waals surface area contributed by atoms with Crippen molar-refractivity contribution in [1.82, 2.24) is 14.8 Å². The molecular weight excluding hydrogens is 278 g/mol. The second-order valence-corrected chi connectivity index (χ2v) is 6.79. The zero-order valence-corrected chi connectivity index (χ0v) is 14.1. The first-order valence-electron chi connectivity index (χ1n) is 8.05. The van der Waals surface area contributed by atoms with Crippen molar-refractivity contribution in [3.63, 3.8) is 0 Å². The molecule has 1 saturated heterocycles. The summed E-state index contributed by atoms with van der Waals surface area (Å²) < 4.78 is 1.76. The van der Waals surface area contributed by atoms with Crippen molar-refractivity contribution >= 4 is 5.91 Å². The number of hydrogen-bond acceptors (Lipinski definition) is 3. The molecule has 2 heterocycles. The lowest BCUT2D eigenvalue weighted by Crippen LogP contribution is -2.34. The predicted molar refractivity (Wildman–Crippen MR) is 88.1 cm³/mol. The molecular formula is C17H27N3O2. The highest BCUT2D eigenvalue weighted by molar-refractivity contribution is 5.92. The molecule has 1 amide bonds. The van der Waals surface area contributed by atoms with Crippen LogP contribution in [0.1, 0.15) is 36.5 Å². The Bertz CT molecular complexity index is 592. The molecule has 0 spiro atoms. The lowest BCUT2D eigenvalue weighted by molar-refractivity contribution is 0.0937. The minimum atomic E-state index is -0.161. The number of nitrogens with one attached hydrogen (secondary N) is 1. The highest BCUT2D eigenvalue weighted by Crippen LogP contribution is 2.16. The van der Waals surface area contributed by atoms with Gasteiger partial charge in [0.25, 0.3) is 5.91 Å². The number of hydrogen-bond donors (Lipinski definition) is 1. The van der Waals surface area contributed by atoms with E-state index in [4.69, 9.17) is 0 Å². The van der Waals surface area contributed by atoms with Crippen LogP contribution in [0.25, 0.3) is 0 Å². The van der Waals surface area contributed by atoms with Gasteiger partial charge < -0.3 is 14.8 Å². The lowest BCUT2D eigenvalue weighted by atomic mass is 10.1. The van der Waals surface area contributed by atoms with E-state index in [-0.39, 0.29) is 11.3 Å². The van der Waals surface area contributed by atoms with Crippen molar-refractivity contribution in [2.24, 2.45) is 18.9 Å². The first-order chi connectivity index (χ1) is 10.4. The van der Waals surface area contributed by atoms with E-state index in [9.17, 15) is 9.59 Å². The molecule has 1 aromatic rings. The van der Waals surface area contributed by atoms with E-state index in [2.05, 4.69) is 24.1 Å². The number of aromatic nitrogens is 1. The summed E-state index contributed by atoms with van der Waals surface area (Å²) in [5.41, 5.74) is 1.10. The van der Waals surface area contributed by atoms with Gasteiger partial charge in [-0.2, -0.15) is 0 Å². The van der Waals surface area contributed by atoms with Crippen molar-refractivity contribution in [3.05, 3.63) is 33.7 Å². The number of rotatable bonds is 5. The van der Waals surface area contributed by atoms with Crippen molar-refractivity contribution in [2.45, 2.75) is 27.2 Å². The number of likely N-dealkylation sites (tertiary alicyclic amines) is 1. The summed E-state index contributed by atoms with van der Waals surface area (Å²) >= 11 is 0. The Labute approximate surface area is 132 Å². The molecule has 1 fully saturated rings. The Kier molecular flexibility index (Phi) is 5.40. The molecule has 0 radical (unpaired) electrons. The van der Waals surface area contributed by atoms with Gasteiger partial charge in [-0.25, -0.2) is 0 Å². The van der Waals surface area contributed by atoms with E-state index in [1.54, 1.807) is 4.57 Å². The topological polar surface area (TPSA) is 54.3 Å². The fourth-order valence-corrected chi connectivity index (χ4v) is 3.07. The first kappa shape index (κ1) is 16.7. The smallest absolute Gasteiger partial charge is 0.268 e. The van der Waals surface area contributed by atoms with Crippen LogP contribution >= 0.6 is 0 Å². The molecule has 1 aliphatic heterocycles. The zero-order chi connectivity index (χ0) is 16.3. The average Bonchev–Trinajstić information content (AvgIpc) is 2.86. The number of amides is 1. The summed E-state index contributed by atoms with van der Waals surface area (Å²) in [6.07, 6.45) is 1.12. The first-order valence-corrected chi connectivity index (χ1v) is 8.05. The summed E-state index contributed by atoms with van der Waals surface area (Å²) in [6.45, 7) is 10.2. The number of carbonyl (C=O) groups is 1. The fourth-order valence-electron chi connectivity index (χ4n) is 3.07. The van der Waals surface area contributed by atoms with Gasteiger partial charge in [-0.15, -0.1) is 0 Å². The summed E-state index contributed by atoms with van der Waals surface area (Å²) in [4.78, 5) is 26.3. The van der Waals surface area contributed by atoms with Crippen LogP contribution in [0.3, 0.4) is 0 Å². The third kappa shape index (κ3) is 4.19. The van der Waals surface area contributed by atoms with Crippen molar-refractivity contribution in [3.8, 4) is 0 Å². The molecule has 0 bridgehead atoms.